The maximum absolute atomic E-state index is 13.5. The fourth-order valence-corrected chi connectivity index (χ4v) is 6.46. The first-order valence-corrected chi connectivity index (χ1v) is 11.7. The van der Waals surface area contributed by atoms with Gasteiger partial charge in [0.05, 0.1) is 10.6 Å². The van der Waals surface area contributed by atoms with Gasteiger partial charge in [0.15, 0.2) is 0 Å². The van der Waals surface area contributed by atoms with Gasteiger partial charge < -0.3 is 0 Å². The van der Waals surface area contributed by atoms with Gasteiger partial charge in [-0.15, -0.1) is 0 Å². The van der Waals surface area contributed by atoms with Crippen LogP contribution in [0, 0.1) is 5.92 Å². The first kappa shape index (κ1) is 20.2. The van der Waals surface area contributed by atoms with E-state index < -0.39 is 16.1 Å². The van der Waals surface area contributed by atoms with Gasteiger partial charge in [-0.2, -0.15) is 4.31 Å². The van der Waals surface area contributed by atoms with Crippen molar-refractivity contribution in [3.63, 3.8) is 0 Å². The predicted molar refractivity (Wildman–Crippen MR) is 113 cm³/mol. The highest BCUT2D eigenvalue weighted by Crippen LogP contribution is 2.42. The largest absolute Gasteiger partial charge is 0.299 e. The average Bonchev–Trinajstić information content (AvgIpc) is 3.13. The van der Waals surface area contributed by atoms with Crippen LogP contribution in [0.25, 0.3) is 0 Å². The van der Waals surface area contributed by atoms with Crippen molar-refractivity contribution >= 4 is 33.2 Å². The van der Waals surface area contributed by atoms with Gasteiger partial charge in [-0.1, -0.05) is 42.6 Å². The van der Waals surface area contributed by atoms with Crippen molar-refractivity contribution in [1.29, 1.82) is 0 Å². The van der Waals surface area contributed by atoms with Crippen molar-refractivity contribution in [2.75, 3.05) is 5.43 Å². The van der Waals surface area contributed by atoms with Crippen LogP contribution in [0.5, 0.6) is 0 Å². The van der Waals surface area contributed by atoms with E-state index in [0.717, 1.165) is 31.4 Å². The van der Waals surface area contributed by atoms with Gasteiger partial charge in [0.2, 0.25) is 10.0 Å². The lowest BCUT2D eigenvalue weighted by molar-refractivity contribution is -0.123. The zero-order valence-electron chi connectivity index (χ0n) is 15.9. The second-order valence-corrected chi connectivity index (χ2v) is 9.91. The van der Waals surface area contributed by atoms with Gasteiger partial charge in [0, 0.05) is 11.1 Å². The van der Waals surface area contributed by atoms with Crippen molar-refractivity contribution in [2.24, 2.45) is 5.92 Å². The molecule has 1 saturated carbocycles. The Morgan fingerprint density at radius 1 is 1.00 bits per heavy atom. The zero-order valence-corrected chi connectivity index (χ0v) is 17.5. The highest BCUT2D eigenvalue weighted by Gasteiger charge is 2.51. The summed E-state index contributed by atoms with van der Waals surface area (Å²) in [5.41, 5.74) is 6.32. The molecule has 1 aliphatic heterocycles. The van der Waals surface area contributed by atoms with Gasteiger partial charge in [-0.25, -0.2) is 8.42 Å². The van der Waals surface area contributed by atoms with Gasteiger partial charge in [-0.3, -0.25) is 15.6 Å². The van der Waals surface area contributed by atoms with E-state index >= 15 is 0 Å². The summed E-state index contributed by atoms with van der Waals surface area (Å²) in [5.74, 6) is -0.126. The first-order valence-electron chi connectivity index (χ1n) is 9.87. The number of nitrogens with zero attached hydrogens (tertiary/aromatic N) is 1. The second-order valence-electron chi connectivity index (χ2n) is 7.63. The number of carbonyl (C=O) groups is 1. The van der Waals surface area contributed by atoms with Crippen LogP contribution in [0.3, 0.4) is 0 Å². The molecule has 0 radical (unpaired) electrons. The van der Waals surface area contributed by atoms with Crippen LogP contribution in [0.4, 0.5) is 5.69 Å². The summed E-state index contributed by atoms with van der Waals surface area (Å²) in [5, 5.41) is 0.474. The minimum Gasteiger partial charge on any atom is -0.299 e. The Morgan fingerprint density at radius 2 is 1.69 bits per heavy atom. The molecule has 3 unspecified atom stereocenters. The lowest BCUT2D eigenvalue weighted by Crippen LogP contribution is -2.50. The number of sulfonamides is 1. The van der Waals surface area contributed by atoms with Crippen molar-refractivity contribution in [1.82, 2.24) is 9.73 Å². The van der Waals surface area contributed by atoms with Crippen molar-refractivity contribution in [2.45, 2.75) is 49.1 Å². The van der Waals surface area contributed by atoms with Crippen LogP contribution < -0.4 is 10.9 Å². The molecule has 29 heavy (non-hydrogen) atoms. The molecule has 1 heterocycles. The quantitative estimate of drug-likeness (QED) is 0.703. The number of anilines is 1. The number of benzene rings is 2. The zero-order chi connectivity index (χ0) is 20.4. The summed E-state index contributed by atoms with van der Waals surface area (Å²) < 4.78 is 28.4. The maximum Gasteiger partial charge on any atom is 0.256 e. The Labute approximate surface area is 176 Å². The minimum atomic E-state index is -3.82. The Bertz CT molecular complexity index is 966. The lowest BCUT2D eigenvalue weighted by atomic mass is 9.85. The summed E-state index contributed by atoms with van der Waals surface area (Å²) in [7, 11) is -3.82. The predicted octanol–water partition coefficient (Wildman–Crippen LogP) is 3.81. The minimum absolute atomic E-state index is 0.142. The number of rotatable bonds is 5. The summed E-state index contributed by atoms with van der Waals surface area (Å²) in [6.07, 6.45) is 4.33. The Kier molecular flexibility index (Phi) is 5.81. The van der Waals surface area contributed by atoms with E-state index in [1.807, 2.05) is 30.3 Å². The molecule has 6 nitrogen and oxygen atoms in total. The molecular weight excluding hydrogens is 410 g/mol. The molecule has 1 aliphatic carbocycles. The number of carbonyl (C=O) groups excluding carboxylic acids is 1. The fourth-order valence-electron chi connectivity index (χ4n) is 4.46. The van der Waals surface area contributed by atoms with Crippen LogP contribution in [0.15, 0.2) is 59.5 Å². The van der Waals surface area contributed by atoms with Crippen LogP contribution in [0.2, 0.25) is 5.02 Å². The first-order chi connectivity index (χ1) is 14.0. The maximum atomic E-state index is 13.5. The van der Waals surface area contributed by atoms with E-state index in [4.69, 9.17) is 11.6 Å². The average molecular weight is 434 g/mol. The van der Waals surface area contributed by atoms with Gasteiger partial charge in [0.25, 0.3) is 5.91 Å². The summed E-state index contributed by atoms with van der Waals surface area (Å²) in [6.45, 7) is 0. The van der Waals surface area contributed by atoms with Crippen LogP contribution >= 0.6 is 11.6 Å². The number of hydrogen-bond donors (Lipinski definition) is 2. The summed E-state index contributed by atoms with van der Waals surface area (Å²) in [4.78, 5) is 13.2. The lowest BCUT2D eigenvalue weighted by Gasteiger charge is -2.32. The smallest absolute Gasteiger partial charge is 0.256 e. The highest BCUT2D eigenvalue weighted by atomic mass is 35.5. The number of fused-ring (bicyclic) bond motifs is 1. The molecule has 154 valence electrons. The summed E-state index contributed by atoms with van der Waals surface area (Å²) in [6, 6.07) is 14.5. The second kappa shape index (κ2) is 8.34. The highest BCUT2D eigenvalue weighted by molar-refractivity contribution is 7.89. The van der Waals surface area contributed by atoms with Gasteiger partial charge in [0.1, 0.15) is 6.04 Å². The third-order valence-corrected chi connectivity index (χ3v) is 8.02. The number of amides is 1. The van der Waals surface area contributed by atoms with Crippen LogP contribution in [0.1, 0.15) is 32.1 Å². The third-order valence-electron chi connectivity index (χ3n) is 5.82. The van der Waals surface area contributed by atoms with Gasteiger partial charge in [-0.05, 0) is 61.6 Å². The molecule has 1 amide bonds. The Hall–Kier alpha value is -2.09. The topological polar surface area (TPSA) is 78.5 Å². The normalized spacial score (nSPS) is 24.7. The Balaban J connectivity index is 1.60. The number of hydrogen-bond acceptors (Lipinski definition) is 4. The summed E-state index contributed by atoms with van der Waals surface area (Å²) >= 11 is 5.93. The molecule has 2 N–H and O–H groups in total. The van der Waals surface area contributed by atoms with E-state index in [1.165, 1.54) is 16.4 Å². The van der Waals surface area contributed by atoms with Crippen molar-refractivity contribution < 1.29 is 13.2 Å². The van der Waals surface area contributed by atoms with Gasteiger partial charge >= 0.3 is 0 Å². The van der Waals surface area contributed by atoms with Crippen LogP contribution in [-0.4, -0.2) is 30.7 Å². The molecule has 0 bridgehead atoms. The molecule has 2 aliphatic rings. The fraction of sp³-hybridized carbons (Fsp3) is 0.381. The van der Waals surface area contributed by atoms with E-state index in [1.54, 1.807) is 12.1 Å². The number of hydrazine groups is 1. The molecule has 2 fully saturated rings. The number of nitrogens with one attached hydrogen (secondary N) is 2. The third kappa shape index (κ3) is 4.13. The molecule has 0 spiro atoms. The van der Waals surface area contributed by atoms with E-state index in [2.05, 4.69) is 10.9 Å². The van der Waals surface area contributed by atoms with Crippen molar-refractivity contribution in [3.05, 3.63) is 59.6 Å². The molecule has 2 aromatic rings. The number of para-hydroxylation sites is 1. The molecule has 8 heteroatoms. The van der Waals surface area contributed by atoms with E-state index in [0.29, 0.717) is 11.4 Å². The SMILES string of the molecule is O=C(NNc1ccccc1)C1CC2CCCCC2N1S(=O)(=O)c1ccc(Cl)cc1. The monoisotopic (exact) mass is 433 g/mol. The number of halogens is 1. The molecule has 3 atom stereocenters. The van der Waals surface area contributed by atoms with Crippen LogP contribution in [-0.2, 0) is 14.8 Å². The van der Waals surface area contributed by atoms with E-state index in [-0.39, 0.29) is 22.8 Å². The van der Waals surface area contributed by atoms with E-state index in [9.17, 15) is 13.2 Å². The molecule has 1 saturated heterocycles. The molecular formula is C21H24ClN3O3S. The van der Waals surface area contributed by atoms with Crippen molar-refractivity contribution in [3.8, 4) is 0 Å². The molecule has 2 aromatic carbocycles. The molecule has 0 aromatic heterocycles. The Morgan fingerprint density at radius 3 is 2.41 bits per heavy atom. The standard InChI is InChI=1S/C21H24ClN3O3S/c22-16-10-12-18(13-11-16)29(27,28)25-19-9-5-4-6-15(19)14-20(25)21(26)24-23-17-7-2-1-3-8-17/h1-3,7-8,10-13,15,19-20,23H,4-6,9,14H2,(H,24,26). The molecule has 4 rings (SSSR count).